The van der Waals surface area contributed by atoms with Crippen LogP contribution in [0.25, 0.3) is 0 Å². The normalized spacial score (nSPS) is 23.5. The number of nitrogens with one attached hydrogen (secondary N) is 1. The molecule has 1 aliphatic rings. The van der Waals surface area contributed by atoms with Gasteiger partial charge in [0.25, 0.3) is 0 Å². The molecule has 1 aliphatic heterocycles. The van der Waals surface area contributed by atoms with E-state index in [0.717, 1.165) is 5.69 Å². The average Bonchev–Trinajstić information content (AvgIpc) is 2.71. The van der Waals surface area contributed by atoms with E-state index in [1.165, 1.54) is 7.11 Å². The molecule has 0 unspecified atom stereocenters. The molecule has 2 atom stereocenters. The monoisotopic (exact) mass is 266 g/mol. The van der Waals surface area contributed by atoms with Gasteiger partial charge in [-0.2, -0.15) is 0 Å². The number of β-amino-alcohol motifs (C(OH)–C–C–N with tert-alkyl or cyclic N) is 1. The number of aromatic nitrogens is 2. The zero-order valence-corrected chi connectivity index (χ0v) is 10.8. The van der Waals surface area contributed by atoms with Gasteiger partial charge in [-0.1, -0.05) is 0 Å². The Labute approximate surface area is 111 Å². The van der Waals surface area contributed by atoms with Gasteiger partial charge in [-0.3, -0.25) is 19.7 Å². The number of nitrogens with zero attached hydrogens (tertiary/aromatic N) is 3. The van der Waals surface area contributed by atoms with E-state index in [4.69, 9.17) is 4.74 Å². The van der Waals surface area contributed by atoms with Crippen LogP contribution in [0.4, 0.5) is 0 Å². The number of hydrogen-bond acceptors (Lipinski definition) is 6. The lowest BCUT2D eigenvalue weighted by molar-refractivity contribution is -0.125. The predicted molar refractivity (Wildman–Crippen MR) is 67.1 cm³/mol. The molecule has 0 saturated carbocycles. The number of methoxy groups -OCH3 is 1. The van der Waals surface area contributed by atoms with E-state index in [1.807, 2.05) is 4.90 Å². The summed E-state index contributed by atoms with van der Waals surface area (Å²) < 4.78 is 4.75. The third-order valence-corrected chi connectivity index (χ3v) is 2.99. The van der Waals surface area contributed by atoms with Gasteiger partial charge >= 0.3 is 0 Å². The minimum Gasteiger partial charge on any atom is -0.390 e. The maximum atomic E-state index is 11.4. The molecule has 2 heterocycles. The first-order valence-electron chi connectivity index (χ1n) is 6.12. The largest absolute Gasteiger partial charge is 0.390 e. The number of aliphatic hydroxyl groups is 1. The highest BCUT2D eigenvalue weighted by atomic mass is 16.5. The second-order valence-corrected chi connectivity index (χ2v) is 4.57. The first-order chi connectivity index (χ1) is 9.19. The van der Waals surface area contributed by atoms with Crippen molar-refractivity contribution in [3.8, 4) is 0 Å². The van der Waals surface area contributed by atoms with Crippen LogP contribution in [0.1, 0.15) is 5.69 Å². The number of aliphatic hydroxyl groups excluding tert-OH is 1. The van der Waals surface area contributed by atoms with Gasteiger partial charge in [0.05, 0.1) is 17.8 Å². The van der Waals surface area contributed by atoms with Gasteiger partial charge in [-0.05, 0) is 0 Å². The second kappa shape index (κ2) is 6.55. The van der Waals surface area contributed by atoms with Crippen LogP contribution in [-0.4, -0.2) is 64.8 Å². The van der Waals surface area contributed by atoms with Crippen LogP contribution in [0, 0.1) is 0 Å². The minimum absolute atomic E-state index is 0.00732. The summed E-state index contributed by atoms with van der Waals surface area (Å²) in [6.45, 7) is 1.72. The molecule has 19 heavy (non-hydrogen) atoms. The quantitative estimate of drug-likeness (QED) is 0.695. The molecule has 1 saturated heterocycles. The third kappa shape index (κ3) is 3.95. The molecule has 7 nitrogen and oxygen atoms in total. The summed E-state index contributed by atoms with van der Waals surface area (Å²) in [6.07, 6.45) is 4.39. The van der Waals surface area contributed by atoms with Crippen molar-refractivity contribution >= 4 is 5.91 Å². The van der Waals surface area contributed by atoms with Crippen LogP contribution in [0.5, 0.6) is 0 Å². The number of hydrogen-bond donors (Lipinski definition) is 2. The van der Waals surface area contributed by atoms with Crippen molar-refractivity contribution in [3.63, 3.8) is 0 Å². The molecule has 1 aromatic heterocycles. The van der Waals surface area contributed by atoms with Crippen LogP contribution in [0.15, 0.2) is 18.6 Å². The minimum atomic E-state index is -0.572. The smallest absolute Gasteiger partial charge is 0.246 e. The van der Waals surface area contributed by atoms with Crippen LogP contribution >= 0.6 is 0 Å². The maximum absolute atomic E-state index is 11.4. The van der Waals surface area contributed by atoms with Crippen molar-refractivity contribution in [1.82, 2.24) is 20.2 Å². The van der Waals surface area contributed by atoms with Crippen molar-refractivity contribution < 1.29 is 14.6 Å². The molecular weight excluding hydrogens is 248 g/mol. The van der Waals surface area contributed by atoms with E-state index >= 15 is 0 Å². The van der Waals surface area contributed by atoms with Gasteiger partial charge in [-0.15, -0.1) is 0 Å². The number of ether oxygens (including phenoxy) is 1. The van der Waals surface area contributed by atoms with E-state index < -0.39 is 6.10 Å². The van der Waals surface area contributed by atoms with Crippen LogP contribution in [0.2, 0.25) is 0 Å². The van der Waals surface area contributed by atoms with Gasteiger partial charge in [-0.25, -0.2) is 0 Å². The van der Waals surface area contributed by atoms with Gasteiger partial charge in [0.15, 0.2) is 0 Å². The lowest BCUT2D eigenvalue weighted by atomic mass is 10.2. The van der Waals surface area contributed by atoms with Gasteiger partial charge in [0.2, 0.25) is 5.91 Å². The van der Waals surface area contributed by atoms with Crippen molar-refractivity contribution in [2.24, 2.45) is 0 Å². The van der Waals surface area contributed by atoms with E-state index in [0.29, 0.717) is 19.6 Å². The zero-order chi connectivity index (χ0) is 13.7. The predicted octanol–water partition coefficient (Wildman–Crippen LogP) is -1.22. The lowest BCUT2D eigenvalue weighted by Crippen LogP contribution is -2.44. The molecular formula is C12H18N4O3. The number of likely N-dealkylation sites (tertiary alicyclic amines) is 1. The summed E-state index contributed by atoms with van der Waals surface area (Å²) in [6, 6.07) is -0.265. The van der Waals surface area contributed by atoms with Crippen molar-refractivity contribution in [1.29, 1.82) is 0 Å². The Morgan fingerprint density at radius 1 is 1.58 bits per heavy atom. The Morgan fingerprint density at radius 3 is 3.11 bits per heavy atom. The number of amides is 1. The Balaban J connectivity index is 1.85. The highest BCUT2D eigenvalue weighted by Crippen LogP contribution is 2.12. The molecule has 0 aromatic carbocycles. The number of carbonyl (C=O) groups excluding carboxylic acids is 1. The SMILES string of the molecule is COCC(=O)N[C@@H]1CN(Cc2cnccn2)C[C@H]1O. The third-order valence-electron chi connectivity index (χ3n) is 2.99. The lowest BCUT2D eigenvalue weighted by Gasteiger charge is -2.16. The molecule has 2 rings (SSSR count). The topological polar surface area (TPSA) is 87.6 Å². The summed E-state index contributed by atoms with van der Waals surface area (Å²) in [5.41, 5.74) is 0.846. The fourth-order valence-corrected chi connectivity index (χ4v) is 2.16. The van der Waals surface area contributed by atoms with Crippen LogP contribution in [0.3, 0.4) is 0 Å². The molecule has 1 fully saturated rings. The molecule has 1 aromatic rings. The van der Waals surface area contributed by atoms with Crippen molar-refractivity contribution in [2.45, 2.75) is 18.7 Å². The summed E-state index contributed by atoms with van der Waals surface area (Å²) >= 11 is 0. The highest BCUT2D eigenvalue weighted by Gasteiger charge is 2.32. The van der Waals surface area contributed by atoms with Gasteiger partial charge in [0, 0.05) is 45.3 Å². The summed E-state index contributed by atoms with van der Waals surface area (Å²) in [7, 11) is 1.46. The van der Waals surface area contributed by atoms with E-state index in [-0.39, 0.29) is 18.6 Å². The average molecular weight is 266 g/mol. The van der Waals surface area contributed by atoms with E-state index in [1.54, 1.807) is 18.6 Å². The number of carbonyl (C=O) groups is 1. The van der Waals surface area contributed by atoms with Crippen LogP contribution in [-0.2, 0) is 16.1 Å². The van der Waals surface area contributed by atoms with Crippen molar-refractivity contribution in [2.75, 3.05) is 26.8 Å². The first kappa shape index (κ1) is 13.9. The molecule has 1 amide bonds. The molecule has 2 N–H and O–H groups in total. The molecule has 0 spiro atoms. The van der Waals surface area contributed by atoms with E-state index in [2.05, 4.69) is 15.3 Å². The fourth-order valence-electron chi connectivity index (χ4n) is 2.16. The maximum Gasteiger partial charge on any atom is 0.246 e. The summed E-state index contributed by atoms with van der Waals surface area (Å²) in [5.74, 6) is -0.215. The Kier molecular flexibility index (Phi) is 4.78. The molecule has 7 heteroatoms. The Bertz CT molecular complexity index is 415. The first-order valence-corrected chi connectivity index (χ1v) is 6.12. The van der Waals surface area contributed by atoms with E-state index in [9.17, 15) is 9.90 Å². The molecule has 104 valence electrons. The molecule has 0 radical (unpaired) electrons. The highest BCUT2D eigenvalue weighted by molar-refractivity contribution is 5.77. The molecule has 0 bridgehead atoms. The van der Waals surface area contributed by atoms with Crippen LogP contribution < -0.4 is 5.32 Å². The Morgan fingerprint density at radius 2 is 2.42 bits per heavy atom. The summed E-state index contributed by atoms with van der Waals surface area (Å²) in [4.78, 5) is 21.6. The molecule has 0 aliphatic carbocycles. The standard InChI is InChI=1S/C12H18N4O3/c1-19-8-12(18)15-10-6-16(7-11(10)17)5-9-4-13-2-3-14-9/h2-4,10-11,17H,5-8H2,1H3,(H,15,18)/t10-,11-/m1/s1. The zero-order valence-electron chi connectivity index (χ0n) is 10.8. The van der Waals surface area contributed by atoms with Crippen molar-refractivity contribution in [3.05, 3.63) is 24.3 Å². The van der Waals surface area contributed by atoms with Gasteiger partial charge in [0.1, 0.15) is 6.61 Å². The Hall–Kier alpha value is -1.57. The fraction of sp³-hybridized carbons (Fsp3) is 0.583. The van der Waals surface area contributed by atoms with Gasteiger partial charge < -0.3 is 15.2 Å². The number of rotatable bonds is 5. The summed E-state index contributed by atoms with van der Waals surface area (Å²) in [5, 5.41) is 12.7. The second-order valence-electron chi connectivity index (χ2n) is 4.57.